The summed E-state index contributed by atoms with van der Waals surface area (Å²) < 4.78 is 3.96. The quantitative estimate of drug-likeness (QED) is 0.0862. The summed E-state index contributed by atoms with van der Waals surface area (Å²) in [5, 5.41) is 4.75. The largest absolute Gasteiger partial charge is 0.332 e. The van der Waals surface area contributed by atoms with Crippen LogP contribution in [0, 0.1) is 18.1 Å². The molecule has 0 N–H and O–H groups in total. The molecule has 0 amide bonds. The molecule has 11 aromatic rings. The molecule has 351 valence electrons. The molecular formula is C66H57GeIrN3-2. The van der Waals surface area contributed by atoms with Gasteiger partial charge in [0.25, 0.3) is 0 Å². The average molecular weight is 1160 g/mol. The molecule has 0 saturated heterocycles. The minimum atomic E-state index is -1.86. The van der Waals surface area contributed by atoms with Gasteiger partial charge in [0, 0.05) is 42.1 Å². The van der Waals surface area contributed by atoms with E-state index in [1.807, 2.05) is 18.2 Å². The third-order valence-electron chi connectivity index (χ3n) is 14.1. The average Bonchev–Trinajstić information content (AvgIpc) is 3.90. The van der Waals surface area contributed by atoms with Crippen LogP contribution < -0.4 is 4.40 Å². The molecule has 9 aromatic carbocycles. The first kappa shape index (κ1) is 48.0. The maximum atomic E-state index is 5.62. The van der Waals surface area contributed by atoms with Crippen molar-refractivity contribution in [1.29, 1.82) is 0 Å². The number of fused-ring (bicyclic) bond motifs is 9. The molecule has 0 spiro atoms. The van der Waals surface area contributed by atoms with Crippen LogP contribution >= 0.6 is 0 Å². The monoisotopic (exact) mass is 1160 g/mol. The van der Waals surface area contributed by atoms with Crippen molar-refractivity contribution in [1.82, 2.24) is 14.5 Å². The number of pyridine rings is 1. The van der Waals surface area contributed by atoms with Crippen LogP contribution in [0.25, 0.3) is 94.3 Å². The second-order valence-electron chi connectivity index (χ2n) is 20.7. The summed E-state index contributed by atoms with van der Waals surface area (Å²) in [6, 6.07) is 76.5. The molecule has 0 unspecified atom stereocenters. The van der Waals surface area contributed by atoms with Gasteiger partial charge in [-0.15, -0.1) is 29.3 Å². The fourth-order valence-electron chi connectivity index (χ4n) is 10.8. The molecular weight excluding hydrogens is 1100 g/mol. The van der Waals surface area contributed by atoms with Crippen LogP contribution in [0.1, 0.15) is 44.4 Å². The number of hydrogen-bond donors (Lipinski definition) is 0. The molecule has 2 heterocycles. The van der Waals surface area contributed by atoms with E-state index in [0.717, 1.165) is 67.9 Å². The predicted molar refractivity (Wildman–Crippen MR) is 299 cm³/mol. The van der Waals surface area contributed by atoms with Crippen molar-refractivity contribution in [2.75, 3.05) is 0 Å². The predicted octanol–water partition coefficient (Wildman–Crippen LogP) is 16.7. The van der Waals surface area contributed by atoms with Crippen molar-refractivity contribution in [3.05, 3.63) is 229 Å². The van der Waals surface area contributed by atoms with Gasteiger partial charge in [-0.3, -0.25) is 4.98 Å². The summed E-state index contributed by atoms with van der Waals surface area (Å²) >= 11 is -1.86. The molecule has 0 atom stereocenters. The Hall–Kier alpha value is -6.69. The molecule has 0 aliphatic heterocycles. The smallest absolute Gasteiger partial charge is 0.0859 e. The summed E-state index contributed by atoms with van der Waals surface area (Å²) in [4.78, 5) is 10.3. The van der Waals surface area contributed by atoms with Crippen molar-refractivity contribution in [2.24, 2.45) is 5.92 Å². The Bertz CT molecular complexity index is 3720. The van der Waals surface area contributed by atoms with E-state index in [1.54, 1.807) is 4.40 Å². The van der Waals surface area contributed by atoms with Gasteiger partial charge in [0.05, 0.1) is 16.9 Å². The Morgan fingerprint density at radius 3 is 1.89 bits per heavy atom. The number of rotatable bonds is 8. The first-order chi connectivity index (χ1) is 34.0. The number of imidazole rings is 1. The van der Waals surface area contributed by atoms with Crippen LogP contribution in [0.3, 0.4) is 0 Å². The Kier molecular flexibility index (Phi) is 13.2. The first-order valence-corrected chi connectivity index (χ1v) is 32.0. The van der Waals surface area contributed by atoms with Crippen LogP contribution in [0.2, 0.25) is 17.3 Å². The van der Waals surface area contributed by atoms with Crippen LogP contribution in [0.4, 0.5) is 0 Å². The van der Waals surface area contributed by atoms with E-state index < -0.39 is 13.3 Å². The molecule has 12 rings (SSSR count). The van der Waals surface area contributed by atoms with E-state index in [0.29, 0.717) is 5.92 Å². The Morgan fingerprint density at radius 2 is 1.20 bits per heavy atom. The topological polar surface area (TPSA) is 30.7 Å². The van der Waals surface area contributed by atoms with Gasteiger partial charge in [-0.05, 0) is 50.1 Å². The molecule has 0 fully saturated rings. The molecule has 5 heteroatoms. The van der Waals surface area contributed by atoms with Gasteiger partial charge >= 0.3 is 126 Å². The molecule has 1 aliphatic carbocycles. The van der Waals surface area contributed by atoms with Crippen LogP contribution in [-0.2, 0) is 31.9 Å². The van der Waals surface area contributed by atoms with Gasteiger partial charge in [-0.1, -0.05) is 165 Å². The van der Waals surface area contributed by atoms with Crippen LogP contribution in [-0.4, -0.2) is 27.8 Å². The maximum absolute atomic E-state index is 5.62. The zero-order valence-corrected chi connectivity index (χ0v) is 46.0. The van der Waals surface area contributed by atoms with Crippen molar-refractivity contribution >= 4 is 50.2 Å². The fourth-order valence-corrected chi connectivity index (χ4v) is 14.1. The standard InChI is InChI=1S/C48H33N2.C18H24GeN.Ir/c1-48(2)42-24-14-13-21-38(42)41-29-34(26-28-43(41)48)47-49-45-39-22-11-9-19-36(39)37-20-10-12-23-40(37)46(45)50(47)44-30-33(31-15-5-3-6-16-31)25-27-35(44)32-17-7-4-8-18-32;1-14(2)11-16-12-18(15-9-7-6-8-10-15)20-13-17(16)19(3,4)5;/h3-25,27-30H,1-2H3;6-9,12-14H,11H2,1-5H3;/q2*-1;. The van der Waals surface area contributed by atoms with Gasteiger partial charge in [-0.2, -0.15) is 0 Å². The number of benzene rings is 9. The van der Waals surface area contributed by atoms with E-state index in [4.69, 9.17) is 9.97 Å². The van der Waals surface area contributed by atoms with Crippen molar-refractivity contribution in [3.63, 3.8) is 0 Å². The Labute approximate surface area is 435 Å². The minimum absolute atomic E-state index is 0. The summed E-state index contributed by atoms with van der Waals surface area (Å²) in [5.74, 6) is 8.88. The van der Waals surface area contributed by atoms with Crippen LogP contribution in [0.5, 0.6) is 0 Å². The van der Waals surface area contributed by atoms with E-state index in [2.05, 4.69) is 244 Å². The third-order valence-corrected chi connectivity index (χ3v) is 18.5. The molecule has 71 heavy (non-hydrogen) atoms. The van der Waals surface area contributed by atoms with Gasteiger partial charge < -0.3 is 4.57 Å². The van der Waals surface area contributed by atoms with Gasteiger partial charge in [0.15, 0.2) is 0 Å². The molecule has 0 bridgehead atoms. The molecule has 1 aliphatic rings. The minimum Gasteiger partial charge on any atom is -0.332 e. The van der Waals surface area contributed by atoms with Crippen LogP contribution in [0.15, 0.2) is 200 Å². The third kappa shape index (κ3) is 8.92. The molecule has 2 aromatic heterocycles. The van der Waals surface area contributed by atoms with E-state index in [9.17, 15) is 0 Å². The summed E-state index contributed by atoms with van der Waals surface area (Å²) in [6.07, 6.45) is 3.27. The second-order valence-corrected chi connectivity index (χ2v) is 31.3. The van der Waals surface area contributed by atoms with Gasteiger partial charge in [0.1, 0.15) is 0 Å². The fraction of sp³-hybridized carbons (Fsp3) is 0.152. The Morgan fingerprint density at radius 1 is 0.563 bits per heavy atom. The first-order valence-electron chi connectivity index (χ1n) is 24.7. The molecule has 0 saturated carbocycles. The summed E-state index contributed by atoms with van der Waals surface area (Å²) in [7, 11) is 0. The van der Waals surface area contributed by atoms with E-state index in [-0.39, 0.29) is 25.5 Å². The van der Waals surface area contributed by atoms with Crippen molar-refractivity contribution < 1.29 is 20.1 Å². The van der Waals surface area contributed by atoms with Gasteiger partial charge in [0.2, 0.25) is 0 Å². The second kappa shape index (κ2) is 19.5. The van der Waals surface area contributed by atoms with Crippen molar-refractivity contribution in [2.45, 2.75) is 56.8 Å². The summed E-state index contributed by atoms with van der Waals surface area (Å²) in [5.41, 5.74) is 17.6. The summed E-state index contributed by atoms with van der Waals surface area (Å²) in [6.45, 7) is 9.21. The zero-order chi connectivity index (χ0) is 48.1. The maximum Gasteiger partial charge on any atom is 0.0859 e. The van der Waals surface area contributed by atoms with E-state index in [1.165, 1.54) is 49.5 Å². The zero-order valence-electron chi connectivity index (χ0n) is 41.5. The van der Waals surface area contributed by atoms with E-state index >= 15 is 0 Å². The molecule has 1 radical (unpaired) electrons. The van der Waals surface area contributed by atoms with Gasteiger partial charge in [-0.25, -0.2) is 0 Å². The normalized spacial score (nSPS) is 12.6. The molecule has 3 nitrogen and oxygen atoms in total. The number of aromatic nitrogens is 3. The number of nitrogens with zero attached hydrogens (tertiary/aromatic N) is 3. The van der Waals surface area contributed by atoms with Crippen molar-refractivity contribution in [3.8, 4) is 61.7 Å². The number of hydrogen-bond acceptors (Lipinski definition) is 2. The SMILES string of the molecule is CC(C)Cc1cc(-c2[c-]cccc2)nc[c]1[Ge]([CH3])([CH3])[CH3].CC1(C)c2c[c-]c(-c3nc4c5ccccc5c5ccccc5c4n3-c3cc(-c4ccccc4)ccc3-c3ccccc3)cc2-c2ccccc21.[Ir]. The Balaban J connectivity index is 0.000000234.